The number of amides is 1. The monoisotopic (exact) mass is 264 g/mol. The van der Waals surface area contributed by atoms with Crippen molar-refractivity contribution in [1.82, 2.24) is 4.90 Å². The molecule has 3 nitrogen and oxygen atoms in total. The minimum Gasteiger partial charge on any atom is -0.339 e. The summed E-state index contributed by atoms with van der Waals surface area (Å²) in [4.78, 5) is 14.2. The molecule has 1 aliphatic heterocycles. The number of piperidine rings is 1. The highest BCUT2D eigenvalue weighted by Gasteiger charge is 2.25. The average Bonchev–Trinajstić information content (AvgIpc) is 2.41. The second-order valence-electron chi connectivity index (χ2n) is 5.45. The first-order valence-corrected chi connectivity index (χ1v) is 6.80. The van der Waals surface area contributed by atoms with Crippen LogP contribution < -0.4 is 5.73 Å². The summed E-state index contributed by atoms with van der Waals surface area (Å²) >= 11 is 0. The maximum absolute atomic E-state index is 13.2. The molecule has 1 aliphatic rings. The summed E-state index contributed by atoms with van der Waals surface area (Å²) in [5.74, 6) is 0.220. The summed E-state index contributed by atoms with van der Waals surface area (Å²) in [6.07, 6.45) is 1.90. The van der Waals surface area contributed by atoms with Crippen LogP contribution in [0.2, 0.25) is 0 Å². The lowest BCUT2D eigenvalue weighted by molar-refractivity contribution is 0.0681. The van der Waals surface area contributed by atoms with E-state index in [0.29, 0.717) is 17.0 Å². The number of nitrogens with zero attached hydrogens (tertiary/aromatic N) is 1. The third kappa shape index (κ3) is 3.13. The number of rotatable bonds is 2. The van der Waals surface area contributed by atoms with Gasteiger partial charge in [-0.3, -0.25) is 4.79 Å². The van der Waals surface area contributed by atoms with Crippen molar-refractivity contribution < 1.29 is 9.18 Å². The molecule has 0 bridgehead atoms. The fourth-order valence-corrected chi connectivity index (χ4v) is 2.59. The van der Waals surface area contributed by atoms with Crippen LogP contribution in [0.5, 0.6) is 0 Å². The standard InChI is InChI=1S/C15H21FN2O/c1-10-9-13(3-4-14(10)16)15(19)18-7-5-12(6-8-18)11(2)17/h3-4,9,11-12H,5-8,17H2,1-2H3. The summed E-state index contributed by atoms with van der Waals surface area (Å²) in [6.45, 7) is 5.17. The molecule has 1 aromatic carbocycles. The summed E-state index contributed by atoms with van der Waals surface area (Å²) in [6, 6.07) is 4.72. The van der Waals surface area contributed by atoms with Gasteiger partial charge in [-0.25, -0.2) is 4.39 Å². The van der Waals surface area contributed by atoms with Crippen molar-refractivity contribution in [2.24, 2.45) is 11.7 Å². The van der Waals surface area contributed by atoms with Gasteiger partial charge in [0.1, 0.15) is 5.82 Å². The van der Waals surface area contributed by atoms with Crippen molar-refractivity contribution in [2.45, 2.75) is 32.7 Å². The highest BCUT2D eigenvalue weighted by molar-refractivity contribution is 5.94. The molecule has 0 aliphatic carbocycles. The molecule has 1 aromatic rings. The molecule has 2 N–H and O–H groups in total. The van der Waals surface area contributed by atoms with Crippen LogP contribution in [0.1, 0.15) is 35.7 Å². The first kappa shape index (κ1) is 14.0. The van der Waals surface area contributed by atoms with Gasteiger partial charge in [0.15, 0.2) is 0 Å². The first-order valence-electron chi connectivity index (χ1n) is 6.80. The van der Waals surface area contributed by atoms with E-state index < -0.39 is 0 Å². The summed E-state index contributed by atoms with van der Waals surface area (Å²) in [5, 5.41) is 0. The topological polar surface area (TPSA) is 46.3 Å². The van der Waals surface area contributed by atoms with Crippen LogP contribution in [0.3, 0.4) is 0 Å². The van der Waals surface area contributed by atoms with E-state index in [1.54, 1.807) is 19.1 Å². The fourth-order valence-electron chi connectivity index (χ4n) is 2.59. The lowest BCUT2D eigenvalue weighted by atomic mass is 9.90. The van der Waals surface area contributed by atoms with Gasteiger partial charge >= 0.3 is 0 Å². The van der Waals surface area contributed by atoms with Crippen molar-refractivity contribution in [3.63, 3.8) is 0 Å². The van der Waals surface area contributed by atoms with Crippen LogP contribution in [0.15, 0.2) is 18.2 Å². The summed E-state index contributed by atoms with van der Waals surface area (Å²) in [7, 11) is 0. The Balaban J connectivity index is 2.03. The average molecular weight is 264 g/mol. The number of carbonyl (C=O) groups excluding carboxylic acids is 1. The van der Waals surface area contributed by atoms with Crippen LogP contribution in [0.4, 0.5) is 4.39 Å². The van der Waals surface area contributed by atoms with Gasteiger partial charge < -0.3 is 10.6 Å². The van der Waals surface area contributed by atoms with E-state index in [1.807, 2.05) is 11.8 Å². The maximum atomic E-state index is 13.2. The Bertz CT molecular complexity index is 465. The molecule has 1 amide bonds. The molecule has 1 unspecified atom stereocenters. The molecule has 4 heteroatoms. The Morgan fingerprint density at radius 1 is 1.42 bits per heavy atom. The van der Waals surface area contributed by atoms with Gasteiger partial charge in [0.05, 0.1) is 0 Å². The van der Waals surface area contributed by atoms with E-state index in [9.17, 15) is 9.18 Å². The Morgan fingerprint density at radius 3 is 2.58 bits per heavy atom. The Kier molecular flexibility index (Phi) is 4.20. The third-order valence-electron chi connectivity index (χ3n) is 3.98. The fraction of sp³-hybridized carbons (Fsp3) is 0.533. The molecule has 0 spiro atoms. The highest BCUT2D eigenvalue weighted by Crippen LogP contribution is 2.21. The molecule has 0 radical (unpaired) electrons. The van der Waals surface area contributed by atoms with E-state index in [4.69, 9.17) is 5.73 Å². The minimum absolute atomic E-state index is 0.00813. The van der Waals surface area contributed by atoms with Crippen molar-refractivity contribution in [2.75, 3.05) is 13.1 Å². The lowest BCUT2D eigenvalue weighted by Crippen LogP contribution is -2.42. The van der Waals surface area contributed by atoms with Crippen molar-refractivity contribution in [3.05, 3.63) is 35.1 Å². The molecule has 1 heterocycles. The second kappa shape index (κ2) is 5.70. The van der Waals surface area contributed by atoms with Crippen LogP contribution in [0, 0.1) is 18.7 Å². The largest absolute Gasteiger partial charge is 0.339 e. The molecule has 1 fully saturated rings. The quantitative estimate of drug-likeness (QED) is 0.891. The van der Waals surface area contributed by atoms with Gasteiger partial charge in [-0.15, -0.1) is 0 Å². The van der Waals surface area contributed by atoms with Gasteiger partial charge in [-0.1, -0.05) is 0 Å². The molecule has 104 valence electrons. The Labute approximate surface area is 113 Å². The molecular formula is C15H21FN2O. The van der Waals surface area contributed by atoms with Gasteiger partial charge in [0.25, 0.3) is 5.91 Å². The number of benzene rings is 1. The number of hydrogen-bond acceptors (Lipinski definition) is 2. The summed E-state index contributed by atoms with van der Waals surface area (Å²) < 4.78 is 13.2. The van der Waals surface area contributed by atoms with Crippen molar-refractivity contribution >= 4 is 5.91 Å². The first-order chi connectivity index (χ1) is 8.99. The van der Waals surface area contributed by atoms with E-state index in [2.05, 4.69) is 0 Å². The van der Waals surface area contributed by atoms with Gasteiger partial charge in [0.2, 0.25) is 0 Å². The van der Waals surface area contributed by atoms with E-state index in [-0.39, 0.29) is 17.8 Å². The van der Waals surface area contributed by atoms with E-state index in [1.165, 1.54) is 6.07 Å². The summed E-state index contributed by atoms with van der Waals surface area (Å²) in [5.41, 5.74) is 6.97. The van der Waals surface area contributed by atoms with Gasteiger partial charge in [-0.2, -0.15) is 0 Å². The molecule has 2 rings (SSSR count). The van der Waals surface area contributed by atoms with E-state index >= 15 is 0 Å². The molecule has 1 atom stereocenters. The third-order valence-corrected chi connectivity index (χ3v) is 3.98. The smallest absolute Gasteiger partial charge is 0.253 e. The molecule has 19 heavy (non-hydrogen) atoms. The zero-order valence-electron chi connectivity index (χ0n) is 11.5. The predicted octanol–water partition coefficient (Wildman–Crippen LogP) is 2.33. The minimum atomic E-state index is -0.271. The normalized spacial score (nSPS) is 18.4. The van der Waals surface area contributed by atoms with E-state index in [0.717, 1.165) is 25.9 Å². The highest BCUT2D eigenvalue weighted by atomic mass is 19.1. The van der Waals surface area contributed by atoms with Gasteiger partial charge in [-0.05, 0) is 56.4 Å². The molecule has 1 saturated heterocycles. The van der Waals surface area contributed by atoms with Crippen molar-refractivity contribution in [1.29, 1.82) is 0 Å². The molecular weight excluding hydrogens is 243 g/mol. The number of likely N-dealkylation sites (tertiary alicyclic amines) is 1. The van der Waals surface area contributed by atoms with Crippen LogP contribution in [-0.4, -0.2) is 29.9 Å². The molecule has 0 aromatic heterocycles. The van der Waals surface area contributed by atoms with Crippen molar-refractivity contribution in [3.8, 4) is 0 Å². The lowest BCUT2D eigenvalue weighted by Gasteiger charge is -2.33. The zero-order valence-corrected chi connectivity index (χ0v) is 11.5. The zero-order chi connectivity index (χ0) is 14.0. The Hall–Kier alpha value is -1.42. The van der Waals surface area contributed by atoms with Crippen LogP contribution in [-0.2, 0) is 0 Å². The maximum Gasteiger partial charge on any atom is 0.253 e. The van der Waals surface area contributed by atoms with Crippen LogP contribution >= 0.6 is 0 Å². The Morgan fingerprint density at radius 2 is 2.05 bits per heavy atom. The van der Waals surface area contributed by atoms with Gasteiger partial charge in [0, 0.05) is 24.7 Å². The molecule has 0 saturated carbocycles. The number of carbonyl (C=O) groups is 1. The second-order valence-corrected chi connectivity index (χ2v) is 5.45. The number of aryl methyl sites for hydroxylation is 1. The SMILES string of the molecule is Cc1cc(C(=O)N2CCC(C(C)N)CC2)ccc1F. The number of halogens is 1. The van der Waals surface area contributed by atoms with Crippen LogP contribution in [0.25, 0.3) is 0 Å². The number of hydrogen-bond donors (Lipinski definition) is 1. The predicted molar refractivity (Wildman–Crippen MR) is 73.4 cm³/mol. The number of nitrogens with two attached hydrogens (primary N) is 1.